The van der Waals surface area contributed by atoms with Gasteiger partial charge in [-0.25, -0.2) is 4.79 Å². The van der Waals surface area contributed by atoms with Gasteiger partial charge in [0.2, 0.25) is 5.78 Å². The summed E-state index contributed by atoms with van der Waals surface area (Å²) in [5.41, 5.74) is 0.192. The summed E-state index contributed by atoms with van der Waals surface area (Å²) >= 11 is 8.90. The minimum Gasteiger partial charge on any atom is -0.481 e. The third-order valence-corrected chi connectivity index (χ3v) is 4.33. The Morgan fingerprint density at radius 3 is 2.22 bits per heavy atom. The molecule has 0 aliphatic carbocycles. The molecule has 0 bridgehead atoms. The van der Waals surface area contributed by atoms with Crippen LogP contribution in [0, 0.1) is 0 Å². The van der Waals surface area contributed by atoms with Gasteiger partial charge in [0.05, 0.1) is 16.5 Å². The zero-order valence-corrected chi connectivity index (χ0v) is 14.2. The van der Waals surface area contributed by atoms with E-state index < -0.39 is 24.1 Å². The van der Waals surface area contributed by atoms with Gasteiger partial charge in [0, 0.05) is 23.3 Å². The molecule has 0 saturated carbocycles. The van der Waals surface area contributed by atoms with Crippen molar-refractivity contribution >= 4 is 45.3 Å². The van der Waals surface area contributed by atoms with Crippen molar-refractivity contribution in [2.45, 2.75) is 6.42 Å². The Morgan fingerprint density at radius 2 is 1.74 bits per heavy atom. The molecule has 0 spiro atoms. The predicted molar refractivity (Wildman–Crippen MR) is 86.3 cm³/mol. The Hall–Kier alpha value is -2.12. The predicted octanol–water partition coefficient (Wildman–Crippen LogP) is 3.00. The Balaban J connectivity index is 2.63. The van der Waals surface area contributed by atoms with E-state index in [1.54, 1.807) is 12.1 Å². The SMILES string of the molecule is Cn1c(CC(=O)O)c(C(=O)O)c(Br)c1C(=O)c1ccc(Cl)cc1. The number of nitrogens with zero attached hydrogens (tertiary/aromatic N) is 1. The van der Waals surface area contributed by atoms with Crippen LogP contribution in [0.2, 0.25) is 5.02 Å². The highest BCUT2D eigenvalue weighted by Gasteiger charge is 2.29. The highest BCUT2D eigenvalue weighted by molar-refractivity contribution is 9.10. The van der Waals surface area contributed by atoms with Gasteiger partial charge in [0.1, 0.15) is 5.69 Å². The van der Waals surface area contributed by atoms with Crippen molar-refractivity contribution in [3.8, 4) is 0 Å². The normalized spacial score (nSPS) is 10.6. The van der Waals surface area contributed by atoms with E-state index in [0.29, 0.717) is 10.6 Å². The minimum absolute atomic E-state index is 0.0363. The average Bonchev–Trinajstić information content (AvgIpc) is 2.69. The number of aliphatic carboxylic acids is 1. The lowest BCUT2D eigenvalue weighted by atomic mass is 10.1. The molecule has 120 valence electrons. The van der Waals surface area contributed by atoms with Crippen molar-refractivity contribution in [2.24, 2.45) is 7.05 Å². The lowest BCUT2D eigenvalue weighted by Gasteiger charge is -2.06. The molecule has 2 aromatic rings. The van der Waals surface area contributed by atoms with E-state index in [2.05, 4.69) is 15.9 Å². The molecular weight excluding hydrogens is 390 g/mol. The monoisotopic (exact) mass is 399 g/mol. The van der Waals surface area contributed by atoms with Gasteiger partial charge in [0.15, 0.2) is 0 Å². The van der Waals surface area contributed by atoms with E-state index >= 15 is 0 Å². The van der Waals surface area contributed by atoms with Crippen molar-refractivity contribution in [1.29, 1.82) is 0 Å². The first-order valence-electron chi connectivity index (χ1n) is 6.36. The summed E-state index contributed by atoms with van der Waals surface area (Å²) in [5, 5.41) is 18.7. The lowest BCUT2D eigenvalue weighted by molar-refractivity contribution is -0.136. The first-order valence-corrected chi connectivity index (χ1v) is 7.53. The van der Waals surface area contributed by atoms with Crippen molar-refractivity contribution in [3.63, 3.8) is 0 Å². The van der Waals surface area contributed by atoms with Gasteiger partial charge in [-0.1, -0.05) is 11.6 Å². The fourth-order valence-corrected chi connectivity index (χ4v) is 3.22. The standard InChI is InChI=1S/C15H11BrClNO5/c1-18-9(6-10(19)20)11(15(22)23)12(16)13(18)14(21)7-2-4-8(17)5-3-7/h2-5H,6H2,1H3,(H,19,20)(H,22,23). The molecule has 0 saturated heterocycles. The fourth-order valence-electron chi connectivity index (χ4n) is 2.25. The number of aromatic carboxylic acids is 1. The molecule has 8 heteroatoms. The van der Waals surface area contributed by atoms with Gasteiger partial charge in [-0.3, -0.25) is 9.59 Å². The maximum Gasteiger partial charge on any atom is 0.338 e. The number of ketones is 1. The van der Waals surface area contributed by atoms with Crippen LogP contribution < -0.4 is 0 Å². The first-order chi connectivity index (χ1) is 10.7. The van der Waals surface area contributed by atoms with Crippen LogP contribution in [0.1, 0.15) is 32.1 Å². The summed E-state index contributed by atoms with van der Waals surface area (Å²) in [6.45, 7) is 0. The highest BCUT2D eigenvalue weighted by atomic mass is 79.9. The van der Waals surface area contributed by atoms with Crippen molar-refractivity contribution < 1.29 is 24.6 Å². The van der Waals surface area contributed by atoms with E-state index in [1.165, 1.54) is 23.7 Å². The summed E-state index contributed by atoms with van der Waals surface area (Å²) in [6.07, 6.45) is -0.509. The fraction of sp³-hybridized carbons (Fsp3) is 0.133. The third kappa shape index (κ3) is 3.30. The minimum atomic E-state index is -1.31. The molecule has 0 atom stereocenters. The Morgan fingerprint density at radius 1 is 1.17 bits per heavy atom. The van der Waals surface area contributed by atoms with Crippen LogP contribution in [0.5, 0.6) is 0 Å². The van der Waals surface area contributed by atoms with Gasteiger partial charge in [-0.2, -0.15) is 0 Å². The van der Waals surface area contributed by atoms with Gasteiger partial charge in [0.25, 0.3) is 0 Å². The number of carbonyl (C=O) groups is 3. The van der Waals surface area contributed by atoms with Crippen LogP contribution >= 0.6 is 27.5 Å². The van der Waals surface area contributed by atoms with Crippen molar-refractivity contribution in [2.75, 3.05) is 0 Å². The van der Waals surface area contributed by atoms with Gasteiger partial charge in [-0.05, 0) is 40.2 Å². The largest absolute Gasteiger partial charge is 0.481 e. The molecule has 1 aromatic heterocycles. The number of carbonyl (C=O) groups excluding carboxylic acids is 1. The van der Waals surface area contributed by atoms with Crippen LogP contribution in [-0.4, -0.2) is 32.5 Å². The molecule has 0 radical (unpaired) electrons. The van der Waals surface area contributed by atoms with Gasteiger partial charge < -0.3 is 14.8 Å². The molecule has 0 amide bonds. The van der Waals surface area contributed by atoms with Crippen LogP contribution in [0.4, 0.5) is 0 Å². The Kier molecular flexibility index (Phi) is 4.91. The Labute approximate surface area is 144 Å². The van der Waals surface area contributed by atoms with Crippen molar-refractivity contribution in [3.05, 3.63) is 56.3 Å². The molecule has 0 aliphatic rings. The van der Waals surface area contributed by atoms with Crippen LogP contribution in [0.3, 0.4) is 0 Å². The molecule has 23 heavy (non-hydrogen) atoms. The maximum absolute atomic E-state index is 12.6. The molecule has 0 unspecified atom stereocenters. The number of carboxylic acid groups (broad SMARTS) is 2. The molecule has 1 heterocycles. The van der Waals surface area contributed by atoms with Crippen LogP contribution in [0.25, 0.3) is 0 Å². The highest BCUT2D eigenvalue weighted by Crippen LogP contribution is 2.30. The van der Waals surface area contributed by atoms with Crippen molar-refractivity contribution in [1.82, 2.24) is 4.57 Å². The molecule has 0 fully saturated rings. The summed E-state index contributed by atoms with van der Waals surface area (Å²) in [4.78, 5) is 35.0. The van der Waals surface area contributed by atoms with E-state index in [9.17, 15) is 19.5 Å². The zero-order chi connectivity index (χ0) is 17.3. The van der Waals surface area contributed by atoms with Crippen LogP contribution in [0.15, 0.2) is 28.7 Å². The molecular formula is C15H11BrClNO5. The summed E-state index contributed by atoms with van der Waals surface area (Å²) < 4.78 is 1.35. The topological polar surface area (TPSA) is 96.6 Å². The molecule has 0 aliphatic heterocycles. The van der Waals surface area contributed by atoms with E-state index in [1.807, 2.05) is 0 Å². The van der Waals surface area contributed by atoms with E-state index in [-0.39, 0.29) is 21.4 Å². The lowest BCUT2D eigenvalue weighted by Crippen LogP contribution is -2.13. The molecule has 1 aromatic carbocycles. The zero-order valence-electron chi connectivity index (χ0n) is 11.8. The van der Waals surface area contributed by atoms with E-state index in [0.717, 1.165) is 0 Å². The second kappa shape index (κ2) is 6.55. The number of hydrogen-bond donors (Lipinski definition) is 2. The molecule has 2 N–H and O–H groups in total. The quantitative estimate of drug-likeness (QED) is 0.752. The number of hydrogen-bond acceptors (Lipinski definition) is 3. The molecule has 2 rings (SSSR count). The second-order valence-electron chi connectivity index (χ2n) is 4.75. The smallest absolute Gasteiger partial charge is 0.338 e. The summed E-state index contributed by atoms with van der Waals surface area (Å²) in [6, 6.07) is 6.12. The maximum atomic E-state index is 12.6. The Bertz CT molecular complexity index is 810. The van der Waals surface area contributed by atoms with Gasteiger partial charge >= 0.3 is 11.9 Å². The second-order valence-corrected chi connectivity index (χ2v) is 5.98. The number of aromatic nitrogens is 1. The average molecular weight is 401 g/mol. The number of carboxylic acids is 2. The van der Waals surface area contributed by atoms with Gasteiger partial charge in [-0.15, -0.1) is 0 Å². The summed E-state index contributed by atoms with van der Waals surface area (Å²) in [7, 11) is 1.46. The number of rotatable bonds is 5. The summed E-state index contributed by atoms with van der Waals surface area (Å²) in [5.74, 6) is -2.93. The first kappa shape index (κ1) is 17.2. The third-order valence-electron chi connectivity index (χ3n) is 3.31. The molecule has 6 nitrogen and oxygen atoms in total. The number of halogens is 2. The van der Waals surface area contributed by atoms with Crippen LogP contribution in [-0.2, 0) is 18.3 Å². The van der Waals surface area contributed by atoms with E-state index in [4.69, 9.17) is 16.7 Å². The number of benzene rings is 1.